The van der Waals surface area contributed by atoms with Gasteiger partial charge in [0.1, 0.15) is 0 Å². The molecule has 1 heterocycles. The van der Waals surface area contributed by atoms with Crippen molar-refractivity contribution in [2.75, 3.05) is 0 Å². The van der Waals surface area contributed by atoms with Crippen molar-refractivity contribution in [3.05, 3.63) is 10.6 Å². The van der Waals surface area contributed by atoms with Crippen LogP contribution in [0.4, 0.5) is 0 Å². The standard InChI is InChI=1S/C14H26N4S/c1-4-10-6-5-7-11(8-10)13(16-15)14-12(9(2)3)17-18-19-14/h9-11,13,16H,4-8,15H2,1-3H3. The van der Waals surface area contributed by atoms with Crippen LogP contribution in [-0.4, -0.2) is 9.59 Å². The van der Waals surface area contributed by atoms with Gasteiger partial charge in [0, 0.05) is 0 Å². The summed E-state index contributed by atoms with van der Waals surface area (Å²) in [5.41, 5.74) is 4.16. The lowest BCUT2D eigenvalue weighted by atomic mass is 9.76. The normalized spacial score (nSPS) is 25.7. The Morgan fingerprint density at radius 1 is 1.42 bits per heavy atom. The van der Waals surface area contributed by atoms with Crippen molar-refractivity contribution in [3.63, 3.8) is 0 Å². The van der Waals surface area contributed by atoms with Crippen LogP contribution >= 0.6 is 11.5 Å². The quantitative estimate of drug-likeness (QED) is 0.642. The van der Waals surface area contributed by atoms with E-state index in [1.165, 1.54) is 48.5 Å². The van der Waals surface area contributed by atoms with Crippen molar-refractivity contribution in [1.29, 1.82) is 0 Å². The Balaban J connectivity index is 2.17. The molecule has 1 aromatic heterocycles. The topological polar surface area (TPSA) is 63.8 Å². The highest BCUT2D eigenvalue weighted by Gasteiger charge is 2.31. The lowest BCUT2D eigenvalue weighted by molar-refractivity contribution is 0.211. The first kappa shape index (κ1) is 14.9. The molecule has 0 radical (unpaired) electrons. The highest BCUT2D eigenvalue weighted by molar-refractivity contribution is 7.05. The predicted molar refractivity (Wildman–Crippen MR) is 79.8 cm³/mol. The molecule has 0 saturated heterocycles. The zero-order chi connectivity index (χ0) is 13.8. The van der Waals surface area contributed by atoms with E-state index in [-0.39, 0.29) is 6.04 Å². The van der Waals surface area contributed by atoms with Gasteiger partial charge in [-0.2, -0.15) is 0 Å². The van der Waals surface area contributed by atoms with Crippen LogP contribution in [0.1, 0.15) is 75.4 Å². The number of aromatic nitrogens is 2. The molecular weight excluding hydrogens is 256 g/mol. The van der Waals surface area contributed by atoms with Crippen LogP contribution in [0, 0.1) is 11.8 Å². The molecule has 3 atom stereocenters. The number of rotatable bonds is 5. The predicted octanol–water partition coefficient (Wildman–Crippen LogP) is 3.38. The van der Waals surface area contributed by atoms with Crippen molar-refractivity contribution >= 4 is 11.5 Å². The monoisotopic (exact) mass is 282 g/mol. The molecule has 19 heavy (non-hydrogen) atoms. The lowest BCUT2D eigenvalue weighted by Gasteiger charge is -2.33. The average molecular weight is 282 g/mol. The summed E-state index contributed by atoms with van der Waals surface area (Å²) in [5, 5.41) is 4.29. The summed E-state index contributed by atoms with van der Waals surface area (Å²) in [6.45, 7) is 6.64. The molecule has 1 aliphatic carbocycles. The Kier molecular flexibility index (Phi) is 5.30. The summed E-state index contributed by atoms with van der Waals surface area (Å²) < 4.78 is 4.14. The maximum absolute atomic E-state index is 5.85. The molecule has 108 valence electrons. The van der Waals surface area contributed by atoms with Crippen molar-refractivity contribution < 1.29 is 0 Å². The summed E-state index contributed by atoms with van der Waals surface area (Å²) in [6, 6.07) is 0.228. The number of hydrogen-bond acceptors (Lipinski definition) is 5. The number of hydrazine groups is 1. The van der Waals surface area contributed by atoms with Gasteiger partial charge < -0.3 is 0 Å². The zero-order valence-corrected chi connectivity index (χ0v) is 13.0. The lowest BCUT2D eigenvalue weighted by Crippen LogP contribution is -2.36. The zero-order valence-electron chi connectivity index (χ0n) is 12.2. The molecule has 1 aliphatic rings. The van der Waals surface area contributed by atoms with E-state index in [1.54, 1.807) is 0 Å². The van der Waals surface area contributed by atoms with Crippen molar-refractivity contribution in [1.82, 2.24) is 15.0 Å². The van der Waals surface area contributed by atoms with Crippen molar-refractivity contribution in [2.24, 2.45) is 17.7 Å². The largest absolute Gasteiger partial charge is 0.271 e. The second kappa shape index (κ2) is 6.77. The fraction of sp³-hybridized carbons (Fsp3) is 0.857. The Morgan fingerprint density at radius 2 is 2.21 bits per heavy atom. The van der Waals surface area contributed by atoms with E-state index >= 15 is 0 Å². The van der Waals surface area contributed by atoms with Gasteiger partial charge in [0.05, 0.1) is 16.6 Å². The van der Waals surface area contributed by atoms with Gasteiger partial charge in [0.2, 0.25) is 0 Å². The number of nitrogens with one attached hydrogen (secondary N) is 1. The van der Waals surface area contributed by atoms with Gasteiger partial charge in [0.15, 0.2) is 0 Å². The van der Waals surface area contributed by atoms with E-state index in [0.29, 0.717) is 11.8 Å². The van der Waals surface area contributed by atoms with Crippen LogP contribution in [0.25, 0.3) is 0 Å². The third-order valence-corrected chi connectivity index (χ3v) is 5.24. The molecule has 0 aromatic carbocycles. The van der Waals surface area contributed by atoms with E-state index in [0.717, 1.165) is 11.6 Å². The van der Waals surface area contributed by atoms with Gasteiger partial charge >= 0.3 is 0 Å². The minimum absolute atomic E-state index is 0.228. The smallest absolute Gasteiger partial charge is 0.0829 e. The van der Waals surface area contributed by atoms with E-state index in [4.69, 9.17) is 5.84 Å². The van der Waals surface area contributed by atoms with Crippen LogP contribution in [-0.2, 0) is 0 Å². The average Bonchev–Trinajstić information content (AvgIpc) is 2.89. The van der Waals surface area contributed by atoms with Crippen molar-refractivity contribution in [2.45, 2.75) is 64.8 Å². The molecule has 0 aliphatic heterocycles. The Hall–Kier alpha value is -0.520. The molecule has 2 rings (SSSR count). The Bertz CT molecular complexity index is 391. The molecule has 0 bridgehead atoms. The fourth-order valence-corrected chi connectivity index (χ4v) is 4.21. The third-order valence-electron chi connectivity index (χ3n) is 4.42. The molecular formula is C14H26N4S. The molecule has 3 unspecified atom stereocenters. The van der Waals surface area contributed by atoms with Crippen LogP contribution < -0.4 is 11.3 Å². The van der Waals surface area contributed by atoms with Gasteiger partial charge in [0.25, 0.3) is 0 Å². The first-order valence-corrected chi connectivity index (χ1v) is 8.22. The maximum atomic E-state index is 5.85. The highest BCUT2D eigenvalue weighted by atomic mass is 32.1. The van der Waals surface area contributed by atoms with Crippen LogP contribution in [0.2, 0.25) is 0 Å². The molecule has 5 heteroatoms. The molecule has 1 aromatic rings. The number of nitrogens with two attached hydrogens (primary N) is 1. The van der Waals surface area contributed by atoms with Gasteiger partial charge in [-0.05, 0) is 42.1 Å². The summed E-state index contributed by atoms with van der Waals surface area (Å²) in [7, 11) is 0. The van der Waals surface area contributed by atoms with E-state index in [1.807, 2.05) is 0 Å². The maximum Gasteiger partial charge on any atom is 0.0829 e. The number of hydrogen-bond donors (Lipinski definition) is 2. The summed E-state index contributed by atoms with van der Waals surface area (Å²) >= 11 is 1.51. The van der Waals surface area contributed by atoms with Crippen LogP contribution in [0.5, 0.6) is 0 Å². The Morgan fingerprint density at radius 3 is 2.84 bits per heavy atom. The third kappa shape index (κ3) is 3.33. The van der Waals surface area contributed by atoms with Gasteiger partial charge in [-0.3, -0.25) is 11.3 Å². The second-order valence-electron chi connectivity index (χ2n) is 6.02. The fourth-order valence-electron chi connectivity index (χ4n) is 3.25. The summed E-state index contributed by atoms with van der Waals surface area (Å²) in [6.07, 6.45) is 6.53. The molecule has 1 fully saturated rings. The molecule has 0 spiro atoms. The minimum atomic E-state index is 0.228. The summed E-state index contributed by atoms with van der Waals surface area (Å²) in [4.78, 5) is 1.25. The van der Waals surface area contributed by atoms with Gasteiger partial charge in [-0.15, -0.1) is 5.10 Å². The van der Waals surface area contributed by atoms with E-state index in [2.05, 4.69) is 35.8 Å². The second-order valence-corrected chi connectivity index (χ2v) is 6.81. The minimum Gasteiger partial charge on any atom is -0.271 e. The first-order valence-electron chi connectivity index (χ1n) is 7.45. The van der Waals surface area contributed by atoms with E-state index < -0.39 is 0 Å². The molecule has 0 amide bonds. The molecule has 4 nitrogen and oxygen atoms in total. The summed E-state index contributed by atoms with van der Waals surface area (Å²) in [5.74, 6) is 7.75. The van der Waals surface area contributed by atoms with Crippen LogP contribution in [0.3, 0.4) is 0 Å². The highest BCUT2D eigenvalue weighted by Crippen LogP contribution is 2.40. The SMILES string of the molecule is CCC1CCCC(C(NN)c2snnc2C(C)C)C1. The van der Waals surface area contributed by atoms with Gasteiger partial charge in [-0.1, -0.05) is 44.5 Å². The van der Waals surface area contributed by atoms with Gasteiger partial charge in [-0.25, -0.2) is 0 Å². The molecule has 1 saturated carbocycles. The first-order chi connectivity index (χ1) is 9.17. The Labute approximate surface area is 120 Å². The van der Waals surface area contributed by atoms with Crippen molar-refractivity contribution in [3.8, 4) is 0 Å². The van der Waals surface area contributed by atoms with Crippen LogP contribution in [0.15, 0.2) is 0 Å². The molecule has 3 N–H and O–H groups in total. The number of nitrogens with zero attached hydrogens (tertiary/aromatic N) is 2. The van der Waals surface area contributed by atoms with E-state index in [9.17, 15) is 0 Å².